The molecule has 5 rings (SSSR count). The van der Waals surface area contributed by atoms with Crippen LogP contribution in [-0.2, 0) is 9.59 Å². The van der Waals surface area contributed by atoms with Crippen LogP contribution in [0.25, 0.3) is 0 Å². The minimum atomic E-state index is -1.05. The van der Waals surface area contributed by atoms with Crippen molar-refractivity contribution in [2.75, 3.05) is 4.90 Å². The smallest absolute Gasteiger partial charge is 0.270 e. The molecular formula is C26H20N4O5. The zero-order valence-electron chi connectivity index (χ0n) is 18.9. The Morgan fingerprint density at radius 2 is 1.83 bits per heavy atom. The maximum atomic E-state index is 13.8. The van der Waals surface area contributed by atoms with Crippen LogP contribution in [0, 0.1) is 47.1 Å². The molecule has 2 saturated heterocycles. The Morgan fingerprint density at radius 1 is 1.09 bits per heavy atom. The number of amides is 2. The third kappa shape index (κ3) is 3.34. The van der Waals surface area contributed by atoms with Crippen LogP contribution in [0.1, 0.15) is 21.5 Å². The number of imide groups is 1. The van der Waals surface area contributed by atoms with Crippen molar-refractivity contribution < 1.29 is 19.3 Å². The molecule has 9 heteroatoms. The quantitative estimate of drug-likeness (QED) is 0.292. The highest BCUT2D eigenvalue weighted by Crippen LogP contribution is 2.47. The lowest BCUT2D eigenvalue weighted by Crippen LogP contribution is -2.46. The van der Waals surface area contributed by atoms with Gasteiger partial charge in [-0.15, -0.1) is 0 Å². The van der Waals surface area contributed by atoms with E-state index in [-0.39, 0.29) is 11.3 Å². The van der Waals surface area contributed by atoms with Crippen LogP contribution in [0.3, 0.4) is 0 Å². The fourth-order valence-electron chi connectivity index (χ4n) is 5.36. The lowest BCUT2D eigenvalue weighted by Gasteiger charge is -2.32. The van der Waals surface area contributed by atoms with Crippen molar-refractivity contribution in [2.24, 2.45) is 11.8 Å². The molecule has 3 aliphatic heterocycles. The van der Waals surface area contributed by atoms with Gasteiger partial charge in [0, 0.05) is 23.9 Å². The topological polar surface area (TPSA) is 125 Å². The third-order valence-electron chi connectivity index (χ3n) is 6.88. The third-order valence-corrected chi connectivity index (χ3v) is 6.88. The van der Waals surface area contributed by atoms with Crippen molar-refractivity contribution in [3.8, 4) is 6.07 Å². The predicted molar refractivity (Wildman–Crippen MR) is 125 cm³/mol. The van der Waals surface area contributed by atoms with Gasteiger partial charge in [-0.25, -0.2) is 4.90 Å². The number of nitro groups is 1. The van der Waals surface area contributed by atoms with Gasteiger partial charge in [0.15, 0.2) is 5.78 Å². The van der Waals surface area contributed by atoms with E-state index < -0.39 is 46.4 Å². The number of allylic oxidation sites excluding steroid dienone is 2. The first-order chi connectivity index (χ1) is 16.7. The van der Waals surface area contributed by atoms with Gasteiger partial charge < -0.3 is 4.90 Å². The number of Topliss-reactive ketones (excluding diaryl/α,β-unsaturated/α-hetero) is 1. The summed E-state index contributed by atoms with van der Waals surface area (Å²) in [6.07, 6.45) is 4.70. The highest BCUT2D eigenvalue weighted by molar-refractivity contribution is 6.25. The van der Waals surface area contributed by atoms with E-state index in [0.29, 0.717) is 11.3 Å². The summed E-state index contributed by atoms with van der Waals surface area (Å²) in [5.41, 5.74) is 2.37. The maximum absolute atomic E-state index is 13.8. The molecule has 0 saturated carbocycles. The second kappa shape index (κ2) is 8.02. The number of nitro benzene ring substituents is 1. The van der Waals surface area contributed by atoms with E-state index in [1.165, 1.54) is 30.3 Å². The van der Waals surface area contributed by atoms with E-state index >= 15 is 0 Å². The number of ketones is 1. The monoisotopic (exact) mass is 468 g/mol. The minimum Gasteiger partial charge on any atom is -0.359 e. The van der Waals surface area contributed by atoms with Gasteiger partial charge in [0.2, 0.25) is 11.8 Å². The SMILES string of the molecule is Cc1ccc(N2C(=O)[C@@H]3[C@H](C2=O)[C@@H](C(=O)c2cccc([N+](=O)[O-])c2)N2C=CC(C#N)=C[C@H]32)c(C)c1. The fourth-order valence-corrected chi connectivity index (χ4v) is 5.36. The molecule has 35 heavy (non-hydrogen) atoms. The molecule has 2 aromatic carbocycles. The molecular weight excluding hydrogens is 448 g/mol. The van der Waals surface area contributed by atoms with Gasteiger partial charge in [-0.3, -0.25) is 24.5 Å². The Morgan fingerprint density at radius 3 is 2.51 bits per heavy atom. The number of aryl methyl sites for hydroxylation is 2. The Bertz CT molecular complexity index is 1420. The number of nitrogens with zero attached hydrogens (tertiary/aromatic N) is 4. The molecule has 2 aromatic rings. The van der Waals surface area contributed by atoms with Crippen molar-refractivity contribution in [1.82, 2.24) is 4.90 Å². The Balaban J connectivity index is 1.62. The van der Waals surface area contributed by atoms with Crippen LogP contribution in [-0.4, -0.2) is 39.5 Å². The maximum Gasteiger partial charge on any atom is 0.270 e. The van der Waals surface area contributed by atoms with Crippen LogP contribution >= 0.6 is 0 Å². The van der Waals surface area contributed by atoms with Gasteiger partial charge in [0.05, 0.1) is 40.1 Å². The van der Waals surface area contributed by atoms with Crippen LogP contribution in [0.15, 0.2) is 66.4 Å². The van der Waals surface area contributed by atoms with Crippen molar-refractivity contribution in [1.29, 1.82) is 5.26 Å². The zero-order chi connectivity index (χ0) is 25.0. The molecule has 3 heterocycles. The van der Waals surface area contributed by atoms with E-state index in [1.807, 2.05) is 26.0 Å². The molecule has 174 valence electrons. The van der Waals surface area contributed by atoms with E-state index in [0.717, 1.165) is 16.0 Å². The standard InChI is InChI=1S/C26H20N4O5/c1-14-6-7-19(15(2)10-14)29-25(32)21-20-11-16(13-27)8-9-28(20)23(22(21)26(29)33)24(31)17-4-3-5-18(12-17)30(34)35/h3-12,20-23H,1-2H3/t20-,21+,22+,23+/m1/s1. The minimum absolute atomic E-state index is 0.0808. The summed E-state index contributed by atoms with van der Waals surface area (Å²) in [6.45, 7) is 3.72. The number of carbonyl (C=O) groups excluding carboxylic acids is 3. The summed E-state index contributed by atoms with van der Waals surface area (Å²) in [5.74, 6) is -3.29. The summed E-state index contributed by atoms with van der Waals surface area (Å²) in [6, 6.07) is 11.1. The number of fused-ring (bicyclic) bond motifs is 3. The molecule has 0 N–H and O–H groups in total. The number of benzene rings is 2. The predicted octanol–water partition coefficient (Wildman–Crippen LogP) is 3.23. The second-order valence-corrected chi connectivity index (χ2v) is 8.96. The molecule has 9 nitrogen and oxygen atoms in total. The highest BCUT2D eigenvalue weighted by Gasteiger charge is 2.63. The van der Waals surface area contributed by atoms with Gasteiger partial charge in [-0.1, -0.05) is 29.8 Å². The van der Waals surface area contributed by atoms with Gasteiger partial charge in [0.1, 0.15) is 6.04 Å². The molecule has 2 fully saturated rings. The van der Waals surface area contributed by atoms with E-state index in [4.69, 9.17) is 0 Å². The van der Waals surface area contributed by atoms with Gasteiger partial charge in [-0.05, 0) is 37.6 Å². The summed E-state index contributed by atoms with van der Waals surface area (Å²) in [7, 11) is 0. The van der Waals surface area contributed by atoms with E-state index in [9.17, 15) is 29.8 Å². The van der Waals surface area contributed by atoms with Crippen LogP contribution < -0.4 is 4.90 Å². The largest absolute Gasteiger partial charge is 0.359 e. The van der Waals surface area contributed by atoms with E-state index in [1.54, 1.807) is 23.2 Å². The summed E-state index contributed by atoms with van der Waals surface area (Å²) >= 11 is 0. The molecule has 3 aliphatic rings. The zero-order valence-corrected chi connectivity index (χ0v) is 18.9. The first kappa shape index (κ1) is 22.2. The first-order valence-corrected chi connectivity index (χ1v) is 11.0. The van der Waals surface area contributed by atoms with Crippen LogP contribution in [0.5, 0.6) is 0 Å². The average Bonchev–Trinajstić information content (AvgIpc) is 3.31. The number of rotatable bonds is 4. The molecule has 0 spiro atoms. The molecule has 2 amide bonds. The Hall–Kier alpha value is -4.58. The normalized spacial score (nSPS) is 24.7. The molecule has 4 atom stereocenters. The van der Waals surface area contributed by atoms with Crippen molar-refractivity contribution in [3.05, 3.63) is 93.2 Å². The summed E-state index contributed by atoms with van der Waals surface area (Å²) in [4.78, 5) is 54.6. The second-order valence-electron chi connectivity index (χ2n) is 8.96. The van der Waals surface area contributed by atoms with Crippen molar-refractivity contribution in [2.45, 2.75) is 25.9 Å². The number of hydrogen-bond acceptors (Lipinski definition) is 7. The first-order valence-electron chi connectivity index (χ1n) is 11.0. The number of anilines is 1. The lowest BCUT2D eigenvalue weighted by atomic mass is 9.86. The number of hydrogen-bond donors (Lipinski definition) is 0. The Labute approximate surface area is 200 Å². The molecule has 0 unspecified atom stereocenters. The molecule has 0 bridgehead atoms. The van der Waals surface area contributed by atoms with Crippen LogP contribution in [0.2, 0.25) is 0 Å². The van der Waals surface area contributed by atoms with Crippen molar-refractivity contribution in [3.63, 3.8) is 0 Å². The van der Waals surface area contributed by atoms with Gasteiger partial charge in [-0.2, -0.15) is 5.26 Å². The lowest BCUT2D eigenvalue weighted by molar-refractivity contribution is -0.384. The fraction of sp³-hybridized carbons (Fsp3) is 0.231. The highest BCUT2D eigenvalue weighted by atomic mass is 16.6. The Kier molecular flexibility index (Phi) is 5.09. The summed E-state index contributed by atoms with van der Waals surface area (Å²) in [5, 5.41) is 20.7. The van der Waals surface area contributed by atoms with Crippen molar-refractivity contribution >= 4 is 29.0 Å². The average molecular weight is 468 g/mol. The number of carbonyl (C=O) groups is 3. The molecule has 0 radical (unpaired) electrons. The molecule has 0 aliphatic carbocycles. The van der Waals surface area contributed by atoms with E-state index in [2.05, 4.69) is 6.07 Å². The van der Waals surface area contributed by atoms with Gasteiger partial charge >= 0.3 is 0 Å². The number of nitriles is 1. The molecule has 0 aromatic heterocycles. The van der Waals surface area contributed by atoms with Gasteiger partial charge in [0.25, 0.3) is 5.69 Å². The number of non-ortho nitro benzene ring substituents is 1. The van der Waals surface area contributed by atoms with Crippen LogP contribution in [0.4, 0.5) is 11.4 Å². The summed E-state index contributed by atoms with van der Waals surface area (Å²) < 4.78 is 0.